The summed E-state index contributed by atoms with van der Waals surface area (Å²) in [6.45, 7) is 2.83. The Labute approximate surface area is 188 Å². The zero-order valence-corrected chi connectivity index (χ0v) is 17.8. The van der Waals surface area contributed by atoms with E-state index in [1.165, 1.54) is 39.9 Å². The molecule has 1 aliphatic heterocycles. The Morgan fingerprint density at radius 1 is 1.12 bits per heavy atom. The normalized spacial score (nSPS) is 12.2. The molecule has 0 aliphatic carbocycles. The van der Waals surface area contributed by atoms with E-state index in [1.54, 1.807) is 31.3 Å². The fraction of sp³-hybridized carbons (Fsp3) is 0.227. The molecule has 170 valence electrons. The van der Waals surface area contributed by atoms with Crippen LogP contribution in [0.5, 0.6) is 11.5 Å². The standard InChI is InChI=1S/C22H21N5O6/c1-2-25(14-21(28)23-15-3-8-19-20(13-15)33-12-11-32-19)22(29)18-9-10-26(24-18)16-4-6-17(7-5-16)27(30)31/h3-10,13H,2,11-12,14H2,1H3,(H,23,28). The first-order valence-electron chi connectivity index (χ1n) is 10.2. The number of nitrogens with zero attached hydrogens (tertiary/aromatic N) is 4. The molecule has 0 atom stereocenters. The molecule has 0 bridgehead atoms. The van der Waals surface area contributed by atoms with Crippen LogP contribution in [-0.2, 0) is 4.79 Å². The summed E-state index contributed by atoms with van der Waals surface area (Å²) in [6.07, 6.45) is 1.58. The first kappa shape index (κ1) is 21.8. The zero-order valence-electron chi connectivity index (χ0n) is 17.8. The van der Waals surface area contributed by atoms with Crippen LogP contribution in [0.3, 0.4) is 0 Å². The van der Waals surface area contributed by atoms with Crippen molar-refractivity contribution in [2.24, 2.45) is 0 Å². The minimum atomic E-state index is -0.489. The van der Waals surface area contributed by atoms with E-state index in [4.69, 9.17) is 9.47 Å². The summed E-state index contributed by atoms with van der Waals surface area (Å²) in [7, 11) is 0. The largest absolute Gasteiger partial charge is 0.486 e. The topological polar surface area (TPSA) is 129 Å². The maximum atomic E-state index is 12.9. The zero-order chi connectivity index (χ0) is 23.4. The van der Waals surface area contributed by atoms with Crippen LogP contribution in [0.15, 0.2) is 54.7 Å². The molecule has 11 heteroatoms. The minimum absolute atomic E-state index is 0.0385. The van der Waals surface area contributed by atoms with Crippen LogP contribution in [0.2, 0.25) is 0 Å². The third kappa shape index (κ3) is 4.92. The molecule has 0 unspecified atom stereocenters. The van der Waals surface area contributed by atoms with Gasteiger partial charge in [0, 0.05) is 36.6 Å². The number of hydrogen-bond donors (Lipinski definition) is 1. The number of rotatable bonds is 7. The van der Waals surface area contributed by atoms with Crippen LogP contribution < -0.4 is 14.8 Å². The van der Waals surface area contributed by atoms with E-state index in [1.807, 2.05) is 0 Å². The number of carbonyl (C=O) groups excluding carboxylic acids is 2. The lowest BCUT2D eigenvalue weighted by Gasteiger charge is -2.21. The Morgan fingerprint density at radius 2 is 1.85 bits per heavy atom. The van der Waals surface area contributed by atoms with E-state index in [0.29, 0.717) is 42.6 Å². The monoisotopic (exact) mass is 451 g/mol. The minimum Gasteiger partial charge on any atom is -0.486 e. The van der Waals surface area contributed by atoms with E-state index in [-0.39, 0.29) is 23.8 Å². The third-order valence-corrected chi connectivity index (χ3v) is 4.96. The van der Waals surface area contributed by atoms with Gasteiger partial charge in [0.1, 0.15) is 19.8 Å². The highest BCUT2D eigenvalue weighted by molar-refractivity contribution is 5.98. The van der Waals surface area contributed by atoms with Crippen LogP contribution >= 0.6 is 0 Å². The number of ether oxygens (including phenoxy) is 2. The Bertz CT molecular complexity index is 1190. The van der Waals surface area contributed by atoms with Crippen LogP contribution in [0, 0.1) is 10.1 Å². The molecule has 2 aromatic carbocycles. The van der Waals surface area contributed by atoms with Crippen molar-refractivity contribution >= 4 is 23.2 Å². The second-order valence-electron chi connectivity index (χ2n) is 7.14. The first-order valence-corrected chi connectivity index (χ1v) is 10.2. The predicted octanol–water partition coefficient (Wildman–Crippen LogP) is 2.65. The molecule has 0 fully saturated rings. The Morgan fingerprint density at radius 3 is 2.55 bits per heavy atom. The van der Waals surface area contributed by atoms with Crippen molar-refractivity contribution in [1.29, 1.82) is 0 Å². The quantitative estimate of drug-likeness (QED) is 0.432. The Kier molecular flexibility index (Phi) is 6.20. The van der Waals surface area contributed by atoms with Crippen molar-refractivity contribution in [2.45, 2.75) is 6.92 Å². The first-order chi connectivity index (χ1) is 15.9. The summed E-state index contributed by atoms with van der Waals surface area (Å²) in [5.41, 5.74) is 1.22. The Hall–Kier alpha value is -4.41. The van der Waals surface area contributed by atoms with Crippen molar-refractivity contribution in [3.8, 4) is 17.2 Å². The second-order valence-corrected chi connectivity index (χ2v) is 7.14. The van der Waals surface area contributed by atoms with Gasteiger partial charge < -0.3 is 19.7 Å². The summed E-state index contributed by atoms with van der Waals surface area (Å²) in [6, 6.07) is 12.4. The average Bonchev–Trinajstić information content (AvgIpc) is 3.32. The van der Waals surface area contributed by atoms with E-state index >= 15 is 0 Å². The maximum absolute atomic E-state index is 12.9. The van der Waals surface area contributed by atoms with Crippen molar-refractivity contribution < 1.29 is 24.0 Å². The molecule has 4 rings (SSSR count). The van der Waals surface area contributed by atoms with Gasteiger partial charge in [0.05, 0.1) is 10.6 Å². The number of fused-ring (bicyclic) bond motifs is 1. The van der Waals surface area contributed by atoms with Gasteiger partial charge in [-0.15, -0.1) is 0 Å². The molecule has 0 radical (unpaired) electrons. The number of nitro groups is 1. The molecular weight excluding hydrogens is 430 g/mol. The summed E-state index contributed by atoms with van der Waals surface area (Å²) in [5.74, 6) is 0.402. The number of anilines is 1. The number of amides is 2. The Balaban J connectivity index is 1.41. The molecule has 2 amide bonds. The van der Waals surface area contributed by atoms with Crippen molar-refractivity contribution in [3.63, 3.8) is 0 Å². The second kappa shape index (κ2) is 9.39. The van der Waals surface area contributed by atoms with Gasteiger partial charge in [-0.1, -0.05) is 0 Å². The van der Waals surface area contributed by atoms with Crippen LogP contribution in [0.1, 0.15) is 17.4 Å². The fourth-order valence-corrected chi connectivity index (χ4v) is 3.29. The van der Waals surface area contributed by atoms with Crippen LogP contribution in [0.25, 0.3) is 5.69 Å². The van der Waals surface area contributed by atoms with Gasteiger partial charge in [-0.2, -0.15) is 5.10 Å². The summed E-state index contributed by atoms with van der Waals surface area (Å²) in [4.78, 5) is 37.1. The van der Waals surface area contributed by atoms with Gasteiger partial charge in [0.2, 0.25) is 5.91 Å². The highest BCUT2D eigenvalue weighted by Gasteiger charge is 2.21. The highest BCUT2D eigenvalue weighted by Crippen LogP contribution is 2.32. The molecule has 0 saturated carbocycles. The lowest BCUT2D eigenvalue weighted by Crippen LogP contribution is -2.38. The molecule has 1 N–H and O–H groups in total. The summed E-state index contributed by atoms with van der Waals surface area (Å²) >= 11 is 0. The molecule has 1 aliphatic rings. The predicted molar refractivity (Wildman–Crippen MR) is 118 cm³/mol. The number of benzene rings is 2. The van der Waals surface area contributed by atoms with E-state index < -0.39 is 10.8 Å². The summed E-state index contributed by atoms with van der Waals surface area (Å²) in [5, 5.41) is 17.8. The molecule has 3 aromatic rings. The summed E-state index contributed by atoms with van der Waals surface area (Å²) < 4.78 is 12.4. The molecule has 2 heterocycles. The number of non-ortho nitro benzene ring substituents is 1. The van der Waals surface area contributed by atoms with Crippen molar-refractivity contribution in [3.05, 3.63) is 70.5 Å². The fourth-order valence-electron chi connectivity index (χ4n) is 3.29. The van der Waals surface area contributed by atoms with Gasteiger partial charge in [-0.05, 0) is 37.3 Å². The van der Waals surface area contributed by atoms with E-state index in [9.17, 15) is 19.7 Å². The van der Waals surface area contributed by atoms with Gasteiger partial charge in [-0.3, -0.25) is 19.7 Å². The van der Waals surface area contributed by atoms with Crippen molar-refractivity contribution in [2.75, 3.05) is 31.6 Å². The number of nitro benzene ring substituents is 1. The molecule has 11 nitrogen and oxygen atoms in total. The van der Waals surface area contributed by atoms with Crippen molar-refractivity contribution in [1.82, 2.24) is 14.7 Å². The average molecular weight is 451 g/mol. The number of carbonyl (C=O) groups is 2. The number of likely N-dealkylation sites (N-methyl/N-ethyl adjacent to an activating group) is 1. The smallest absolute Gasteiger partial charge is 0.274 e. The van der Waals surface area contributed by atoms with Gasteiger partial charge in [-0.25, -0.2) is 4.68 Å². The number of aromatic nitrogens is 2. The van der Waals surface area contributed by atoms with Crippen LogP contribution in [-0.4, -0.2) is 57.7 Å². The number of hydrogen-bond acceptors (Lipinski definition) is 7. The lowest BCUT2D eigenvalue weighted by atomic mass is 10.2. The molecule has 0 spiro atoms. The molecular formula is C22H21N5O6. The lowest BCUT2D eigenvalue weighted by molar-refractivity contribution is -0.384. The highest BCUT2D eigenvalue weighted by atomic mass is 16.6. The van der Waals surface area contributed by atoms with Gasteiger partial charge in [0.15, 0.2) is 17.2 Å². The van der Waals surface area contributed by atoms with E-state index in [0.717, 1.165) is 0 Å². The molecule has 1 aromatic heterocycles. The maximum Gasteiger partial charge on any atom is 0.274 e. The van der Waals surface area contributed by atoms with Crippen LogP contribution in [0.4, 0.5) is 11.4 Å². The third-order valence-electron chi connectivity index (χ3n) is 4.96. The van der Waals surface area contributed by atoms with Gasteiger partial charge in [0.25, 0.3) is 11.6 Å². The SMILES string of the molecule is CCN(CC(=O)Nc1ccc2c(c1)OCCO2)C(=O)c1ccn(-c2ccc([N+](=O)[O-])cc2)n1. The number of nitrogens with one attached hydrogen (secondary N) is 1. The molecule has 0 saturated heterocycles. The van der Waals surface area contributed by atoms with Gasteiger partial charge >= 0.3 is 0 Å². The van der Waals surface area contributed by atoms with E-state index in [2.05, 4.69) is 10.4 Å². The molecule has 33 heavy (non-hydrogen) atoms.